The fourth-order valence-electron chi connectivity index (χ4n) is 1.82. The summed E-state index contributed by atoms with van der Waals surface area (Å²) in [5.41, 5.74) is 3.62. The molecule has 0 aromatic rings. The van der Waals surface area contributed by atoms with Crippen molar-refractivity contribution in [1.82, 2.24) is 4.98 Å². The van der Waals surface area contributed by atoms with E-state index >= 15 is 0 Å². The van der Waals surface area contributed by atoms with Crippen molar-refractivity contribution < 1.29 is 0 Å². The summed E-state index contributed by atoms with van der Waals surface area (Å²) in [7, 11) is 0.679. The van der Waals surface area contributed by atoms with Crippen LogP contribution in [0.2, 0.25) is 11.1 Å². The average molecular weight is 171 g/mol. The highest BCUT2D eigenvalue weighted by Gasteiger charge is 2.35. The first-order valence-corrected chi connectivity index (χ1v) is 6.57. The Labute approximate surface area is 72.0 Å². The minimum Gasteiger partial charge on any atom is -0.336 e. The lowest BCUT2D eigenvalue weighted by atomic mass is 10.5. The molecule has 0 aliphatic rings. The van der Waals surface area contributed by atoms with Gasteiger partial charge in [-0.15, -0.1) is 6.58 Å². The highest BCUT2D eigenvalue weighted by Crippen LogP contribution is 2.29. The van der Waals surface area contributed by atoms with E-state index in [0.717, 1.165) is 11.1 Å². The van der Waals surface area contributed by atoms with Crippen LogP contribution in [0.15, 0.2) is 12.3 Å². The normalized spacial score (nSPS) is 12.6. The van der Waals surface area contributed by atoms with Gasteiger partial charge >= 0.3 is 0 Å². The van der Waals surface area contributed by atoms with Crippen LogP contribution >= 0.6 is 0 Å². The van der Waals surface area contributed by atoms with Crippen LogP contribution in [0.5, 0.6) is 0 Å². The van der Waals surface area contributed by atoms with Crippen molar-refractivity contribution in [2.45, 2.75) is 38.8 Å². The molecule has 0 aromatic heterocycles. The summed E-state index contributed by atoms with van der Waals surface area (Å²) in [6.45, 7) is 13.1. The van der Waals surface area contributed by atoms with E-state index in [4.69, 9.17) is 0 Å². The molecule has 0 fully saturated rings. The first kappa shape index (κ1) is 10.9. The Bertz CT molecular complexity index is 122. The van der Waals surface area contributed by atoms with Gasteiger partial charge in [0, 0.05) is 0 Å². The lowest BCUT2D eigenvalue weighted by molar-refractivity contribution is 0.858. The molecular formula is C9H21NSi. The maximum Gasteiger partial charge on any atom is 0.154 e. The van der Waals surface area contributed by atoms with Crippen molar-refractivity contribution in [3.05, 3.63) is 12.3 Å². The molecule has 2 heteroatoms. The molecule has 0 amide bonds. The molecule has 0 radical (unpaired) electrons. The third-order valence-electron chi connectivity index (χ3n) is 2.68. The number of hydrogen-bond acceptors (Lipinski definition) is 1. The third kappa shape index (κ3) is 1.94. The zero-order valence-electron chi connectivity index (χ0n) is 8.44. The van der Waals surface area contributed by atoms with Crippen molar-refractivity contribution in [3.8, 4) is 0 Å². The first-order chi connectivity index (χ1) is 5.01. The van der Waals surface area contributed by atoms with Crippen molar-refractivity contribution in [1.29, 1.82) is 0 Å². The molecule has 0 unspecified atom stereocenters. The Balaban J connectivity index is 4.60. The smallest absolute Gasteiger partial charge is 0.154 e. The second-order valence-electron chi connectivity index (χ2n) is 3.70. The van der Waals surface area contributed by atoms with Gasteiger partial charge in [-0.2, -0.15) is 0 Å². The van der Waals surface area contributed by atoms with Gasteiger partial charge in [0.05, 0.1) is 0 Å². The van der Waals surface area contributed by atoms with E-state index in [1.165, 1.54) is 0 Å². The second kappa shape index (κ2) is 4.07. The minimum absolute atomic E-state index is 0.727. The summed E-state index contributed by atoms with van der Waals surface area (Å²) in [5, 5.41) is 0. The molecule has 1 nitrogen and oxygen atoms in total. The van der Waals surface area contributed by atoms with E-state index < -0.39 is 8.24 Å². The Hall–Kier alpha value is -0.0831. The molecule has 66 valence electrons. The lowest BCUT2D eigenvalue weighted by Gasteiger charge is -2.35. The van der Waals surface area contributed by atoms with E-state index in [-0.39, 0.29) is 0 Å². The maximum absolute atomic E-state index is 3.95. The molecule has 0 heterocycles. The predicted molar refractivity (Wildman–Crippen MR) is 55.2 cm³/mol. The van der Waals surface area contributed by atoms with Gasteiger partial charge in [0.15, 0.2) is 8.24 Å². The zero-order chi connectivity index (χ0) is 9.07. The van der Waals surface area contributed by atoms with Crippen LogP contribution in [0.4, 0.5) is 0 Å². The van der Waals surface area contributed by atoms with Crippen LogP contribution in [0.1, 0.15) is 27.7 Å². The zero-order valence-corrected chi connectivity index (χ0v) is 9.44. The number of rotatable bonds is 4. The van der Waals surface area contributed by atoms with Gasteiger partial charge in [0.25, 0.3) is 0 Å². The second-order valence-corrected chi connectivity index (χ2v) is 8.78. The highest BCUT2D eigenvalue weighted by atomic mass is 28.3. The molecule has 0 rings (SSSR count). The van der Waals surface area contributed by atoms with Crippen LogP contribution in [-0.4, -0.2) is 15.3 Å². The largest absolute Gasteiger partial charge is 0.336 e. The topological polar surface area (TPSA) is 12.0 Å². The van der Waals surface area contributed by atoms with Gasteiger partial charge < -0.3 is 4.98 Å². The van der Waals surface area contributed by atoms with E-state index in [1.54, 1.807) is 0 Å². The monoisotopic (exact) mass is 171 g/mol. The lowest BCUT2D eigenvalue weighted by Crippen LogP contribution is -2.52. The van der Waals surface area contributed by atoms with Crippen LogP contribution in [0.25, 0.3) is 0 Å². The summed E-state index contributed by atoms with van der Waals surface area (Å²) in [5.74, 6) is 0. The SMILES string of the molecule is C=C[Si](NC)(C(C)C)C(C)C. The molecule has 0 spiro atoms. The molecule has 0 saturated heterocycles. The average Bonchev–Trinajstić information content (AvgIpc) is 1.90. The van der Waals surface area contributed by atoms with Gasteiger partial charge in [0.2, 0.25) is 0 Å². The molecule has 0 aliphatic carbocycles. The van der Waals surface area contributed by atoms with Crippen LogP contribution in [-0.2, 0) is 0 Å². The molecule has 0 aromatic carbocycles. The minimum atomic E-state index is -1.38. The molecule has 0 aliphatic heterocycles. The van der Waals surface area contributed by atoms with Crippen LogP contribution in [0.3, 0.4) is 0 Å². The summed E-state index contributed by atoms with van der Waals surface area (Å²) in [6.07, 6.45) is 0. The highest BCUT2D eigenvalue weighted by molar-refractivity contribution is 6.84. The molecule has 0 bridgehead atoms. The molecule has 11 heavy (non-hydrogen) atoms. The van der Waals surface area contributed by atoms with Gasteiger partial charge in [-0.25, -0.2) is 0 Å². The molecular weight excluding hydrogens is 150 g/mol. The molecule has 0 saturated carbocycles. The molecule has 0 atom stereocenters. The van der Waals surface area contributed by atoms with Gasteiger partial charge in [-0.05, 0) is 18.1 Å². The van der Waals surface area contributed by atoms with E-state index in [2.05, 4.69) is 52.0 Å². The van der Waals surface area contributed by atoms with E-state index in [1.807, 2.05) is 0 Å². The van der Waals surface area contributed by atoms with Crippen LogP contribution in [0, 0.1) is 0 Å². The number of nitrogens with one attached hydrogen (secondary N) is 1. The van der Waals surface area contributed by atoms with Crippen molar-refractivity contribution in [2.75, 3.05) is 7.05 Å². The van der Waals surface area contributed by atoms with Crippen LogP contribution < -0.4 is 4.98 Å². The predicted octanol–water partition coefficient (Wildman–Crippen LogP) is 2.70. The van der Waals surface area contributed by atoms with E-state index in [0.29, 0.717) is 0 Å². The van der Waals surface area contributed by atoms with Crippen molar-refractivity contribution >= 4 is 8.24 Å². The maximum atomic E-state index is 3.95. The quantitative estimate of drug-likeness (QED) is 0.641. The fraction of sp³-hybridized carbons (Fsp3) is 0.778. The van der Waals surface area contributed by atoms with Gasteiger partial charge in [-0.1, -0.05) is 33.4 Å². The summed E-state index contributed by atoms with van der Waals surface area (Å²) in [6, 6.07) is 0. The Morgan fingerprint density at radius 1 is 1.18 bits per heavy atom. The van der Waals surface area contributed by atoms with E-state index in [9.17, 15) is 0 Å². The Kier molecular flexibility index (Phi) is 4.04. The standard InChI is InChI=1S/C9H21NSi/c1-7-11(10-6,8(2)3)9(4)5/h7-10H,1H2,2-6H3. The summed E-state index contributed by atoms with van der Waals surface area (Å²) >= 11 is 0. The number of hydrogen-bond donors (Lipinski definition) is 1. The fourth-order valence-corrected chi connectivity index (χ4v) is 5.45. The van der Waals surface area contributed by atoms with Gasteiger partial charge in [0.1, 0.15) is 0 Å². The summed E-state index contributed by atoms with van der Waals surface area (Å²) < 4.78 is 0. The molecule has 1 N–H and O–H groups in total. The first-order valence-electron chi connectivity index (χ1n) is 4.33. The van der Waals surface area contributed by atoms with Crippen molar-refractivity contribution in [3.63, 3.8) is 0 Å². The summed E-state index contributed by atoms with van der Waals surface area (Å²) in [4.78, 5) is 3.48. The third-order valence-corrected chi connectivity index (χ3v) is 8.04. The van der Waals surface area contributed by atoms with Gasteiger partial charge in [-0.3, -0.25) is 0 Å². The Morgan fingerprint density at radius 3 is 1.55 bits per heavy atom. The Morgan fingerprint density at radius 2 is 1.55 bits per heavy atom. The van der Waals surface area contributed by atoms with Crippen molar-refractivity contribution in [2.24, 2.45) is 0 Å².